The minimum atomic E-state index is -0.105. The average molecular weight is 514 g/mol. The van der Waals surface area contributed by atoms with E-state index in [-0.39, 0.29) is 5.91 Å². The van der Waals surface area contributed by atoms with Gasteiger partial charge in [-0.3, -0.25) is 4.79 Å². The number of carbonyl (C=O) groups excluding carboxylic acids is 1. The van der Waals surface area contributed by atoms with Gasteiger partial charge < -0.3 is 19.4 Å². The number of aryl methyl sites for hydroxylation is 1. The Kier molecular flexibility index (Phi) is 9.41. The quantitative estimate of drug-likeness (QED) is 0.201. The van der Waals surface area contributed by atoms with Crippen molar-refractivity contribution in [3.05, 3.63) is 89.2 Å². The van der Waals surface area contributed by atoms with E-state index in [4.69, 9.17) is 14.5 Å². The van der Waals surface area contributed by atoms with Crippen molar-refractivity contribution in [1.82, 2.24) is 14.9 Å². The first-order valence-electron chi connectivity index (χ1n) is 13.6. The molecule has 3 aromatic carbocycles. The van der Waals surface area contributed by atoms with E-state index >= 15 is 0 Å². The van der Waals surface area contributed by atoms with Gasteiger partial charge in [0.2, 0.25) is 0 Å². The second-order valence-corrected chi connectivity index (χ2v) is 9.79. The lowest BCUT2D eigenvalue weighted by atomic mass is 9.97. The molecule has 1 aromatic heterocycles. The fourth-order valence-electron chi connectivity index (χ4n) is 4.73. The molecule has 4 aromatic rings. The van der Waals surface area contributed by atoms with Gasteiger partial charge in [-0.2, -0.15) is 0 Å². The van der Waals surface area contributed by atoms with Crippen LogP contribution in [0.15, 0.2) is 66.7 Å². The maximum Gasteiger partial charge on any atom is 0.251 e. The Morgan fingerprint density at radius 2 is 1.71 bits per heavy atom. The van der Waals surface area contributed by atoms with E-state index < -0.39 is 0 Å². The van der Waals surface area contributed by atoms with E-state index in [2.05, 4.69) is 66.2 Å². The number of nitrogens with one attached hydrogen (secondary N) is 1. The molecular formula is C32H39N3O3. The van der Waals surface area contributed by atoms with E-state index in [0.29, 0.717) is 29.5 Å². The minimum absolute atomic E-state index is 0.105. The molecule has 1 amide bonds. The first-order valence-corrected chi connectivity index (χ1v) is 13.6. The van der Waals surface area contributed by atoms with Crippen LogP contribution in [0.2, 0.25) is 0 Å². The summed E-state index contributed by atoms with van der Waals surface area (Å²) in [5.74, 6) is 2.75. The monoisotopic (exact) mass is 513 g/mol. The summed E-state index contributed by atoms with van der Waals surface area (Å²) < 4.78 is 12.9. The molecule has 0 aliphatic carbocycles. The highest BCUT2D eigenvalue weighted by atomic mass is 16.5. The lowest BCUT2D eigenvalue weighted by Gasteiger charge is -2.12. The minimum Gasteiger partial charge on any atom is -0.493 e. The summed E-state index contributed by atoms with van der Waals surface area (Å²) in [5, 5.41) is 3.01. The first kappa shape index (κ1) is 27.2. The SMILES string of the molecule is CCC(C)c1ccc(Cn2c(CCCCCNC(=O)c3ccc(OC)c(OC)c3)nc3ccccc32)cc1. The molecule has 200 valence electrons. The van der Waals surface area contributed by atoms with Gasteiger partial charge in [-0.25, -0.2) is 4.98 Å². The Bertz CT molecular complexity index is 1340. The number of amides is 1. The van der Waals surface area contributed by atoms with E-state index in [1.807, 2.05) is 6.07 Å². The van der Waals surface area contributed by atoms with Crippen LogP contribution in [-0.2, 0) is 13.0 Å². The summed E-state index contributed by atoms with van der Waals surface area (Å²) in [6.45, 7) is 5.96. The van der Waals surface area contributed by atoms with Crippen molar-refractivity contribution in [2.45, 2.75) is 58.4 Å². The van der Waals surface area contributed by atoms with Gasteiger partial charge >= 0.3 is 0 Å². The zero-order valence-electron chi connectivity index (χ0n) is 23.0. The molecule has 1 atom stereocenters. The van der Waals surface area contributed by atoms with Crippen LogP contribution in [-0.4, -0.2) is 36.2 Å². The molecule has 1 N–H and O–H groups in total. The molecule has 4 rings (SSSR count). The number of benzene rings is 3. The van der Waals surface area contributed by atoms with Crippen molar-refractivity contribution in [3.63, 3.8) is 0 Å². The number of hydrogen-bond donors (Lipinski definition) is 1. The predicted molar refractivity (Wildman–Crippen MR) is 153 cm³/mol. The van der Waals surface area contributed by atoms with Gasteiger partial charge in [0.05, 0.1) is 25.3 Å². The normalized spacial score (nSPS) is 11.9. The van der Waals surface area contributed by atoms with Gasteiger partial charge in [-0.05, 0) is 66.6 Å². The van der Waals surface area contributed by atoms with Crippen molar-refractivity contribution in [2.75, 3.05) is 20.8 Å². The van der Waals surface area contributed by atoms with E-state index in [1.54, 1.807) is 32.4 Å². The molecule has 0 saturated heterocycles. The van der Waals surface area contributed by atoms with Crippen molar-refractivity contribution in [1.29, 1.82) is 0 Å². The fraction of sp³-hybridized carbons (Fsp3) is 0.375. The second kappa shape index (κ2) is 13.1. The molecule has 0 saturated carbocycles. The van der Waals surface area contributed by atoms with Crippen LogP contribution < -0.4 is 14.8 Å². The molecule has 0 aliphatic rings. The third-order valence-corrected chi connectivity index (χ3v) is 7.24. The zero-order valence-corrected chi connectivity index (χ0v) is 23.0. The standard InChI is InChI=1S/C32H39N3O3/c1-5-23(2)25-16-14-24(15-17-25)22-35-28-12-9-8-11-27(28)34-31(35)13-7-6-10-20-33-32(36)26-18-19-29(37-3)30(21-26)38-4/h8-9,11-12,14-19,21,23H,5-7,10,13,20,22H2,1-4H3,(H,33,36). The average Bonchev–Trinajstić information content (AvgIpc) is 3.31. The van der Waals surface area contributed by atoms with Crippen molar-refractivity contribution < 1.29 is 14.3 Å². The van der Waals surface area contributed by atoms with Crippen molar-refractivity contribution in [2.24, 2.45) is 0 Å². The lowest BCUT2D eigenvalue weighted by molar-refractivity contribution is 0.0952. The van der Waals surface area contributed by atoms with Gasteiger partial charge in [0.15, 0.2) is 11.5 Å². The fourth-order valence-corrected chi connectivity index (χ4v) is 4.73. The van der Waals surface area contributed by atoms with Crippen LogP contribution in [0.5, 0.6) is 11.5 Å². The van der Waals surface area contributed by atoms with Crippen LogP contribution in [0.3, 0.4) is 0 Å². The van der Waals surface area contributed by atoms with E-state index in [1.165, 1.54) is 16.6 Å². The summed E-state index contributed by atoms with van der Waals surface area (Å²) in [5.41, 5.74) is 5.47. The summed E-state index contributed by atoms with van der Waals surface area (Å²) in [6, 6.07) is 22.6. The molecule has 6 heteroatoms. The highest BCUT2D eigenvalue weighted by molar-refractivity contribution is 5.94. The Hall–Kier alpha value is -3.80. The van der Waals surface area contributed by atoms with Crippen LogP contribution in [0.25, 0.3) is 11.0 Å². The van der Waals surface area contributed by atoms with Crippen molar-refractivity contribution >= 4 is 16.9 Å². The molecule has 38 heavy (non-hydrogen) atoms. The number of imidazole rings is 1. The molecule has 6 nitrogen and oxygen atoms in total. The highest BCUT2D eigenvalue weighted by Gasteiger charge is 2.13. The number of aromatic nitrogens is 2. The number of carbonyl (C=O) groups is 1. The number of methoxy groups -OCH3 is 2. The summed E-state index contributed by atoms with van der Waals surface area (Å²) in [7, 11) is 3.15. The number of para-hydroxylation sites is 2. The zero-order chi connectivity index (χ0) is 26.9. The highest BCUT2D eigenvalue weighted by Crippen LogP contribution is 2.27. The Labute approximate surface area is 226 Å². The summed E-state index contributed by atoms with van der Waals surface area (Å²) >= 11 is 0. The van der Waals surface area contributed by atoms with Gasteiger partial charge in [-0.15, -0.1) is 0 Å². The number of fused-ring (bicyclic) bond motifs is 1. The third kappa shape index (κ3) is 6.55. The summed E-state index contributed by atoms with van der Waals surface area (Å²) in [6.07, 6.45) is 5.00. The Balaban J connectivity index is 1.31. The molecular weight excluding hydrogens is 474 g/mol. The van der Waals surface area contributed by atoms with Crippen LogP contribution in [0.1, 0.15) is 72.8 Å². The lowest BCUT2D eigenvalue weighted by Crippen LogP contribution is -2.24. The molecule has 0 spiro atoms. The molecule has 0 aliphatic heterocycles. The van der Waals surface area contributed by atoms with E-state index in [9.17, 15) is 4.79 Å². The molecule has 1 unspecified atom stereocenters. The summed E-state index contributed by atoms with van der Waals surface area (Å²) in [4.78, 5) is 17.5. The number of ether oxygens (including phenoxy) is 2. The third-order valence-electron chi connectivity index (χ3n) is 7.24. The number of nitrogens with zero attached hydrogens (tertiary/aromatic N) is 2. The molecule has 0 fully saturated rings. The van der Waals surface area contributed by atoms with E-state index in [0.717, 1.165) is 50.0 Å². The van der Waals surface area contributed by atoms with Gasteiger partial charge in [0, 0.05) is 25.1 Å². The van der Waals surface area contributed by atoms with Crippen LogP contribution in [0.4, 0.5) is 0 Å². The Morgan fingerprint density at radius 1 is 0.947 bits per heavy atom. The van der Waals surface area contributed by atoms with Gasteiger partial charge in [-0.1, -0.05) is 56.7 Å². The molecule has 1 heterocycles. The van der Waals surface area contributed by atoms with Gasteiger partial charge in [0.25, 0.3) is 5.91 Å². The number of rotatable bonds is 13. The topological polar surface area (TPSA) is 65.4 Å². The largest absolute Gasteiger partial charge is 0.493 e. The molecule has 0 bridgehead atoms. The predicted octanol–water partition coefficient (Wildman–Crippen LogP) is 6.76. The van der Waals surface area contributed by atoms with Crippen LogP contribution in [0, 0.1) is 0 Å². The van der Waals surface area contributed by atoms with Crippen LogP contribution >= 0.6 is 0 Å². The molecule has 0 radical (unpaired) electrons. The maximum absolute atomic E-state index is 12.5. The maximum atomic E-state index is 12.5. The Morgan fingerprint density at radius 3 is 2.45 bits per heavy atom. The van der Waals surface area contributed by atoms with Crippen molar-refractivity contribution in [3.8, 4) is 11.5 Å². The number of hydrogen-bond acceptors (Lipinski definition) is 4. The number of unbranched alkanes of at least 4 members (excludes halogenated alkanes) is 2. The smallest absolute Gasteiger partial charge is 0.251 e. The first-order chi connectivity index (χ1) is 18.5. The second-order valence-electron chi connectivity index (χ2n) is 9.79. The van der Waals surface area contributed by atoms with Gasteiger partial charge in [0.1, 0.15) is 5.82 Å².